The topological polar surface area (TPSA) is 51.2 Å². The van der Waals surface area contributed by atoms with E-state index < -0.39 is 0 Å². The minimum Gasteiger partial charge on any atom is -0.357 e. The van der Waals surface area contributed by atoms with Gasteiger partial charge in [-0.05, 0) is 53.6 Å². The quantitative estimate of drug-likeness (QED) is 0.366. The summed E-state index contributed by atoms with van der Waals surface area (Å²) in [7, 11) is 4.19. The average molecular weight is 368 g/mol. The first-order chi connectivity index (χ1) is 12.5. The maximum absolute atomic E-state index is 12.3. The number of amides is 1. The maximum Gasteiger partial charge on any atom is 0.242 e. The molecular formula is C20H41N5O. The predicted molar refractivity (Wildman–Crippen MR) is 111 cm³/mol. The van der Waals surface area contributed by atoms with Gasteiger partial charge in [0.25, 0.3) is 0 Å². The van der Waals surface area contributed by atoms with Crippen molar-refractivity contribution in [2.45, 2.75) is 65.3 Å². The van der Waals surface area contributed by atoms with E-state index in [2.05, 4.69) is 24.2 Å². The second-order valence-electron chi connectivity index (χ2n) is 7.28. The molecule has 152 valence electrons. The molecule has 6 nitrogen and oxygen atoms in total. The van der Waals surface area contributed by atoms with E-state index in [-0.39, 0.29) is 5.91 Å². The first-order valence-corrected chi connectivity index (χ1v) is 10.5. The highest BCUT2D eigenvalue weighted by molar-refractivity contribution is 5.86. The Morgan fingerprint density at radius 2 is 1.73 bits per heavy atom. The van der Waals surface area contributed by atoms with Crippen LogP contribution in [0.25, 0.3) is 0 Å². The number of carbonyl (C=O) groups excluding carboxylic acids is 1. The molecule has 0 atom stereocenters. The fourth-order valence-corrected chi connectivity index (χ4v) is 3.63. The van der Waals surface area contributed by atoms with E-state index in [9.17, 15) is 4.79 Å². The summed E-state index contributed by atoms with van der Waals surface area (Å²) < 4.78 is 0. The van der Waals surface area contributed by atoms with Crippen LogP contribution in [0.2, 0.25) is 0 Å². The normalized spacial score (nSPS) is 16.0. The SMILES string of the molecule is CCNC(=NCCCN(C)C1CCCCC1)N(C)CC(=O)N(CC)CC. The van der Waals surface area contributed by atoms with E-state index in [1.54, 1.807) is 0 Å². The largest absolute Gasteiger partial charge is 0.357 e. The van der Waals surface area contributed by atoms with Crippen LogP contribution in [-0.2, 0) is 4.79 Å². The lowest BCUT2D eigenvalue weighted by Gasteiger charge is -2.31. The molecule has 1 N–H and O–H groups in total. The van der Waals surface area contributed by atoms with Gasteiger partial charge in [-0.1, -0.05) is 19.3 Å². The van der Waals surface area contributed by atoms with E-state index in [1.807, 2.05) is 30.7 Å². The minimum absolute atomic E-state index is 0.153. The summed E-state index contributed by atoms with van der Waals surface area (Å²) in [5.74, 6) is 0.980. The van der Waals surface area contributed by atoms with Gasteiger partial charge in [-0.3, -0.25) is 9.79 Å². The van der Waals surface area contributed by atoms with Crippen LogP contribution in [0, 0.1) is 0 Å². The standard InChI is InChI=1S/C20H41N5O/c1-6-21-20(24(5)17-19(26)25(7-2)8-3)22-15-12-16-23(4)18-13-10-9-11-14-18/h18H,6-17H2,1-5H3,(H,21,22). The van der Waals surface area contributed by atoms with Crippen LogP contribution in [0.1, 0.15) is 59.3 Å². The van der Waals surface area contributed by atoms with Crippen molar-refractivity contribution < 1.29 is 4.79 Å². The summed E-state index contributed by atoms with van der Waals surface area (Å²) >= 11 is 0. The molecule has 0 aromatic rings. The Labute approximate surface area is 161 Å². The Morgan fingerprint density at radius 3 is 2.31 bits per heavy atom. The van der Waals surface area contributed by atoms with Crippen molar-refractivity contribution in [1.82, 2.24) is 20.0 Å². The van der Waals surface area contributed by atoms with Gasteiger partial charge in [0.1, 0.15) is 0 Å². The van der Waals surface area contributed by atoms with Crippen LogP contribution in [0.5, 0.6) is 0 Å². The molecule has 0 aliphatic heterocycles. The number of aliphatic imine (C=N–C) groups is 1. The van der Waals surface area contributed by atoms with Crippen molar-refractivity contribution in [3.8, 4) is 0 Å². The van der Waals surface area contributed by atoms with Crippen LogP contribution >= 0.6 is 0 Å². The summed E-state index contributed by atoms with van der Waals surface area (Å²) in [6.45, 7) is 10.7. The van der Waals surface area contributed by atoms with Crippen molar-refractivity contribution in [3.63, 3.8) is 0 Å². The third-order valence-electron chi connectivity index (χ3n) is 5.31. The monoisotopic (exact) mass is 367 g/mol. The van der Waals surface area contributed by atoms with Gasteiger partial charge in [0, 0.05) is 39.3 Å². The van der Waals surface area contributed by atoms with Gasteiger partial charge in [0.05, 0.1) is 6.54 Å². The molecular weight excluding hydrogens is 326 g/mol. The molecule has 0 unspecified atom stereocenters. The first-order valence-electron chi connectivity index (χ1n) is 10.5. The number of hydrogen-bond acceptors (Lipinski definition) is 3. The van der Waals surface area contributed by atoms with Crippen LogP contribution in [0.15, 0.2) is 4.99 Å². The van der Waals surface area contributed by atoms with Gasteiger partial charge in [-0.2, -0.15) is 0 Å². The average Bonchev–Trinajstić information content (AvgIpc) is 2.65. The van der Waals surface area contributed by atoms with Gasteiger partial charge >= 0.3 is 0 Å². The van der Waals surface area contributed by atoms with Crippen LogP contribution in [-0.4, -0.2) is 86.0 Å². The molecule has 0 heterocycles. The molecule has 1 rings (SSSR count). The zero-order valence-electron chi connectivity index (χ0n) is 17.8. The second kappa shape index (κ2) is 13.0. The molecule has 1 fully saturated rings. The van der Waals surface area contributed by atoms with E-state index >= 15 is 0 Å². The third kappa shape index (κ3) is 7.94. The zero-order valence-corrected chi connectivity index (χ0v) is 17.8. The van der Waals surface area contributed by atoms with Gasteiger partial charge in [0.15, 0.2) is 5.96 Å². The first kappa shape index (κ1) is 22.7. The summed E-state index contributed by atoms with van der Waals surface area (Å²) in [6, 6.07) is 0.760. The Hall–Kier alpha value is -1.30. The zero-order chi connectivity index (χ0) is 19.4. The van der Waals surface area contributed by atoms with Gasteiger partial charge in [-0.25, -0.2) is 0 Å². The Kier molecular flexibility index (Phi) is 11.3. The molecule has 0 radical (unpaired) electrons. The lowest BCUT2D eigenvalue weighted by atomic mass is 9.94. The number of likely N-dealkylation sites (N-methyl/N-ethyl adjacent to an activating group) is 2. The Bertz CT molecular complexity index is 416. The summed E-state index contributed by atoms with van der Waals surface area (Å²) in [6.07, 6.45) is 7.91. The highest BCUT2D eigenvalue weighted by Gasteiger charge is 2.17. The van der Waals surface area contributed by atoms with Crippen LogP contribution < -0.4 is 5.32 Å². The molecule has 1 aliphatic rings. The van der Waals surface area contributed by atoms with Gasteiger partial charge in [0.2, 0.25) is 5.91 Å². The van der Waals surface area contributed by atoms with Crippen LogP contribution in [0.3, 0.4) is 0 Å². The highest BCUT2D eigenvalue weighted by atomic mass is 16.2. The lowest BCUT2D eigenvalue weighted by molar-refractivity contribution is -0.131. The van der Waals surface area contributed by atoms with Gasteiger partial charge in [-0.15, -0.1) is 0 Å². The molecule has 0 aromatic heterocycles. The number of carbonyl (C=O) groups is 1. The van der Waals surface area contributed by atoms with Crippen molar-refractivity contribution in [3.05, 3.63) is 0 Å². The highest BCUT2D eigenvalue weighted by Crippen LogP contribution is 2.21. The summed E-state index contributed by atoms with van der Waals surface area (Å²) in [5.41, 5.74) is 0. The number of guanidine groups is 1. The molecule has 0 aromatic carbocycles. The molecule has 0 saturated heterocycles. The molecule has 1 amide bonds. The molecule has 1 saturated carbocycles. The minimum atomic E-state index is 0.153. The Morgan fingerprint density at radius 1 is 1.08 bits per heavy atom. The van der Waals surface area contributed by atoms with E-state index in [0.717, 1.165) is 51.1 Å². The molecule has 6 heteroatoms. The lowest BCUT2D eigenvalue weighted by Crippen LogP contribution is -2.45. The number of nitrogens with zero attached hydrogens (tertiary/aromatic N) is 4. The number of nitrogens with one attached hydrogen (secondary N) is 1. The second-order valence-corrected chi connectivity index (χ2v) is 7.28. The number of hydrogen-bond donors (Lipinski definition) is 1. The smallest absolute Gasteiger partial charge is 0.242 e. The Balaban J connectivity index is 2.44. The van der Waals surface area contributed by atoms with Gasteiger partial charge < -0.3 is 20.0 Å². The molecule has 26 heavy (non-hydrogen) atoms. The molecule has 0 bridgehead atoms. The van der Waals surface area contributed by atoms with E-state index in [1.165, 1.54) is 32.1 Å². The van der Waals surface area contributed by atoms with Crippen LogP contribution in [0.4, 0.5) is 0 Å². The van der Waals surface area contributed by atoms with E-state index in [4.69, 9.17) is 4.99 Å². The fourth-order valence-electron chi connectivity index (χ4n) is 3.63. The third-order valence-corrected chi connectivity index (χ3v) is 5.31. The predicted octanol–water partition coefficient (Wildman–Crippen LogP) is 2.41. The summed E-state index contributed by atoms with van der Waals surface area (Å²) in [4.78, 5) is 23.4. The maximum atomic E-state index is 12.3. The molecule has 0 spiro atoms. The number of rotatable bonds is 10. The molecule has 1 aliphatic carbocycles. The van der Waals surface area contributed by atoms with Crippen molar-refractivity contribution in [2.75, 3.05) is 53.4 Å². The summed E-state index contributed by atoms with van der Waals surface area (Å²) in [5, 5.41) is 3.31. The fraction of sp³-hybridized carbons (Fsp3) is 0.900. The van der Waals surface area contributed by atoms with Crippen molar-refractivity contribution >= 4 is 11.9 Å². The van der Waals surface area contributed by atoms with E-state index in [0.29, 0.717) is 6.54 Å². The van der Waals surface area contributed by atoms with Crippen molar-refractivity contribution in [1.29, 1.82) is 0 Å². The van der Waals surface area contributed by atoms with Crippen molar-refractivity contribution in [2.24, 2.45) is 4.99 Å².